The zero-order valence-corrected chi connectivity index (χ0v) is 27.0. The Morgan fingerprint density at radius 3 is 2.00 bits per heavy atom. The second kappa shape index (κ2) is 15.3. The highest BCUT2D eigenvalue weighted by Crippen LogP contribution is 2.53. The monoisotopic (exact) mass is 615 g/mol. The number of rotatable bonds is 13. The van der Waals surface area contributed by atoms with Crippen molar-refractivity contribution in [1.29, 1.82) is 0 Å². The van der Waals surface area contributed by atoms with Gasteiger partial charge in [-0.2, -0.15) is 0 Å². The molecule has 236 valence electrons. The predicted octanol–water partition coefficient (Wildman–Crippen LogP) is 6.51. The number of hydrogen-bond donors (Lipinski definition) is 2. The van der Waals surface area contributed by atoms with E-state index < -0.39 is 43.1 Å². The maximum absolute atomic E-state index is 14.6. The molecule has 0 bridgehead atoms. The van der Waals surface area contributed by atoms with E-state index in [-0.39, 0.29) is 11.8 Å². The first-order chi connectivity index (χ1) is 20.3. The summed E-state index contributed by atoms with van der Waals surface area (Å²) in [5.41, 5.74) is -0.726. The molecule has 1 saturated heterocycles. The lowest BCUT2D eigenvalue weighted by Crippen LogP contribution is -2.56. The molecule has 10 nitrogen and oxygen atoms in total. The molecule has 11 heteroatoms. The van der Waals surface area contributed by atoms with Gasteiger partial charge in [-0.1, -0.05) is 70.0 Å². The van der Waals surface area contributed by atoms with Crippen LogP contribution in [-0.2, 0) is 18.9 Å². The van der Waals surface area contributed by atoms with Gasteiger partial charge in [0.05, 0.1) is 0 Å². The first-order valence-electron chi connectivity index (χ1n) is 15.0. The van der Waals surface area contributed by atoms with E-state index in [1.165, 1.54) is 4.90 Å². The maximum atomic E-state index is 14.6. The summed E-state index contributed by atoms with van der Waals surface area (Å²) in [6.07, 6.45) is 2.14. The molecule has 43 heavy (non-hydrogen) atoms. The van der Waals surface area contributed by atoms with Crippen LogP contribution in [0, 0.1) is 5.92 Å². The quantitative estimate of drug-likeness (QED) is 0.246. The molecule has 0 saturated carbocycles. The molecule has 1 fully saturated rings. The lowest BCUT2D eigenvalue weighted by molar-refractivity contribution is -0.141. The third-order valence-electron chi connectivity index (χ3n) is 6.92. The number of carbonyl (C=O) groups is 3. The molecule has 0 radical (unpaired) electrons. The van der Waals surface area contributed by atoms with Crippen LogP contribution in [0.3, 0.4) is 0 Å². The van der Waals surface area contributed by atoms with Gasteiger partial charge in [0.1, 0.15) is 29.2 Å². The fourth-order valence-corrected chi connectivity index (χ4v) is 6.71. The van der Waals surface area contributed by atoms with Gasteiger partial charge in [0.2, 0.25) is 11.8 Å². The van der Waals surface area contributed by atoms with Gasteiger partial charge in [-0.15, -0.1) is 0 Å². The van der Waals surface area contributed by atoms with Crippen LogP contribution in [0.2, 0.25) is 0 Å². The van der Waals surface area contributed by atoms with E-state index >= 15 is 0 Å². The molecule has 3 unspecified atom stereocenters. The summed E-state index contributed by atoms with van der Waals surface area (Å²) in [7, 11) is -4.02. The number of amides is 3. The molecule has 0 aliphatic carbocycles. The molecule has 2 aromatic rings. The average Bonchev–Trinajstić information content (AvgIpc) is 3.44. The number of para-hydroxylation sites is 2. The van der Waals surface area contributed by atoms with Gasteiger partial charge in [0, 0.05) is 6.54 Å². The predicted molar refractivity (Wildman–Crippen MR) is 166 cm³/mol. The first kappa shape index (κ1) is 34.0. The Morgan fingerprint density at radius 2 is 1.51 bits per heavy atom. The van der Waals surface area contributed by atoms with E-state index in [2.05, 4.69) is 10.6 Å². The van der Waals surface area contributed by atoms with Crippen molar-refractivity contribution in [3.8, 4) is 11.5 Å². The summed E-state index contributed by atoms with van der Waals surface area (Å²) in [5, 5.41) is 5.63. The average molecular weight is 616 g/mol. The van der Waals surface area contributed by atoms with Crippen molar-refractivity contribution in [2.24, 2.45) is 5.92 Å². The number of nitrogens with zero attached hydrogens (tertiary/aromatic N) is 1. The van der Waals surface area contributed by atoms with Gasteiger partial charge in [-0.3, -0.25) is 9.59 Å². The molecule has 0 aromatic heterocycles. The summed E-state index contributed by atoms with van der Waals surface area (Å²) < 4.78 is 32.0. The summed E-state index contributed by atoms with van der Waals surface area (Å²) in [6.45, 7) is 11.2. The van der Waals surface area contributed by atoms with Gasteiger partial charge >= 0.3 is 13.7 Å². The number of unbranched alkanes of at least 4 members (excludes halogenated alkanes) is 1. The largest absolute Gasteiger partial charge is 0.452 e. The van der Waals surface area contributed by atoms with E-state index in [1.54, 1.807) is 69.3 Å². The van der Waals surface area contributed by atoms with Crippen LogP contribution < -0.4 is 19.7 Å². The minimum atomic E-state index is -4.02. The van der Waals surface area contributed by atoms with Crippen molar-refractivity contribution in [2.75, 3.05) is 6.54 Å². The summed E-state index contributed by atoms with van der Waals surface area (Å²) in [4.78, 5) is 41.6. The summed E-state index contributed by atoms with van der Waals surface area (Å²) in [5.74, 6) is -1.33. The van der Waals surface area contributed by atoms with Crippen molar-refractivity contribution in [1.82, 2.24) is 15.5 Å². The van der Waals surface area contributed by atoms with Crippen LogP contribution in [0.4, 0.5) is 4.79 Å². The highest BCUT2D eigenvalue weighted by molar-refractivity contribution is 7.55. The van der Waals surface area contributed by atoms with Crippen molar-refractivity contribution < 1.29 is 32.7 Å². The second-order valence-electron chi connectivity index (χ2n) is 12.1. The van der Waals surface area contributed by atoms with Gasteiger partial charge in [0.15, 0.2) is 5.78 Å². The van der Waals surface area contributed by atoms with Crippen LogP contribution in [0.15, 0.2) is 60.7 Å². The smallest absolute Gasteiger partial charge is 0.444 e. The highest BCUT2D eigenvalue weighted by atomic mass is 31.2. The van der Waals surface area contributed by atoms with E-state index in [0.29, 0.717) is 43.7 Å². The van der Waals surface area contributed by atoms with Gasteiger partial charge in [-0.05, 0) is 70.2 Å². The number of benzene rings is 2. The van der Waals surface area contributed by atoms with Crippen LogP contribution in [-0.4, -0.2) is 52.8 Å². The highest BCUT2D eigenvalue weighted by Gasteiger charge is 2.44. The fraction of sp³-hybridized carbons (Fsp3) is 0.531. The molecule has 2 N–H and O–H groups in total. The van der Waals surface area contributed by atoms with Crippen LogP contribution in [0.5, 0.6) is 11.5 Å². The molecule has 2 aromatic carbocycles. The second-order valence-corrected chi connectivity index (χ2v) is 14.1. The normalized spacial score (nSPS) is 16.7. The molecule has 3 amide bonds. The third kappa shape index (κ3) is 10.0. The Kier molecular flexibility index (Phi) is 12.1. The molecule has 1 heterocycles. The molecular formula is C32H46N3O7P. The van der Waals surface area contributed by atoms with Crippen LogP contribution >= 0.6 is 7.60 Å². The van der Waals surface area contributed by atoms with Crippen LogP contribution in [0.25, 0.3) is 0 Å². The Bertz CT molecular complexity index is 1210. The zero-order valence-electron chi connectivity index (χ0n) is 26.1. The Balaban J connectivity index is 1.85. The summed E-state index contributed by atoms with van der Waals surface area (Å²) in [6, 6.07) is 15.7. The van der Waals surface area contributed by atoms with Gasteiger partial charge in [0.25, 0.3) is 0 Å². The molecule has 1 aliphatic heterocycles. The SMILES string of the molecule is CCCCC(NC(=O)C1CCCN1C(=O)C(NC(=O)OC(C)(C)C)C(C)C)P(=O)(Oc1ccccc1)Oc1ccccc1. The van der Waals surface area contributed by atoms with E-state index in [4.69, 9.17) is 13.8 Å². The summed E-state index contributed by atoms with van der Waals surface area (Å²) >= 11 is 0. The molecule has 0 spiro atoms. The van der Waals surface area contributed by atoms with E-state index in [9.17, 15) is 18.9 Å². The first-order valence-corrected chi connectivity index (χ1v) is 16.6. The Morgan fingerprint density at radius 1 is 0.953 bits per heavy atom. The van der Waals surface area contributed by atoms with E-state index in [1.807, 2.05) is 32.9 Å². The number of carbonyl (C=O) groups excluding carboxylic acids is 3. The van der Waals surface area contributed by atoms with Gasteiger partial charge in [-0.25, -0.2) is 9.36 Å². The molecular weight excluding hydrogens is 569 g/mol. The zero-order chi connectivity index (χ0) is 31.6. The van der Waals surface area contributed by atoms with Crippen molar-refractivity contribution >= 4 is 25.5 Å². The number of ether oxygens (including phenoxy) is 1. The van der Waals surface area contributed by atoms with Crippen molar-refractivity contribution in [3.05, 3.63) is 60.7 Å². The fourth-order valence-electron chi connectivity index (χ4n) is 4.80. The molecule has 1 aliphatic rings. The topological polar surface area (TPSA) is 123 Å². The number of likely N-dealkylation sites (tertiary alicyclic amines) is 1. The minimum Gasteiger partial charge on any atom is -0.444 e. The minimum absolute atomic E-state index is 0.250. The van der Waals surface area contributed by atoms with Crippen molar-refractivity contribution in [3.63, 3.8) is 0 Å². The standard InChI is InChI=1S/C32H46N3O7P/c1-7-8-21-27(43(39,41-24-16-11-9-12-17-24)42-25-18-13-10-14-19-25)33-29(36)26-20-15-22-35(26)30(37)28(23(2)3)34-31(38)40-32(4,5)6/h9-14,16-19,23,26-28H,7-8,15,20-22H2,1-6H3,(H,33,36)(H,34,38). The van der Waals surface area contributed by atoms with Gasteiger partial charge < -0.3 is 29.3 Å². The lowest BCUT2D eigenvalue weighted by Gasteiger charge is -2.33. The Labute approximate surface area is 255 Å². The molecule has 3 rings (SSSR count). The number of alkyl carbamates (subject to hydrolysis) is 1. The molecule has 3 atom stereocenters. The lowest BCUT2D eigenvalue weighted by atomic mass is 10.0. The van der Waals surface area contributed by atoms with Crippen molar-refractivity contribution in [2.45, 2.75) is 97.1 Å². The maximum Gasteiger partial charge on any atom is 0.452 e. The third-order valence-corrected chi connectivity index (χ3v) is 9.00. The van der Waals surface area contributed by atoms with Crippen LogP contribution in [0.1, 0.15) is 73.6 Å². The number of nitrogens with one attached hydrogen (secondary N) is 2. The Hall–Kier alpha value is -3.52. The van der Waals surface area contributed by atoms with E-state index in [0.717, 1.165) is 6.42 Å². The number of hydrogen-bond acceptors (Lipinski definition) is 7.